The molecule has 1 aliphatic rings. The van der Waals surface area contributed by atoms with Crippen LogP contribution in [0.5, 0.6) is 11.5 Å². The van der Waals surface area contributed by atoms with Crippen LogP contribution in [0.1, 0.15) is 19.4 Å². The lowest BCUT2D eigenvalue weighted by Crippen LogP contribution is -2.53. The van der Waals surface area contributed by atoms with Crippen molar-refractivity contribution in [3.05, 3.63) is 54.1 Å². The smallest absolute Gasteiger partial charge is 0.219 e. The number of guanidine groups is 1. The Morgan fingerprint density at radius 1 is 1.24 bits per heavy atom. The predicted octanol–water partition coefficient (Wildman–Crippen LogP) is 2.64. The van der Waals surface area contributed by atoms with E-state index in [0.29, 0.717) is 25.4 Å². The average molecular weight is 399 g/mol. The van der Waals surface area contributed by atoms with E-state index in [2.05, 4.69) is 20.2 Å². The highest BCUT2D eigenvalue weighted by molar-refractivity contribution is 5.80. The summed E-state index contributed by atoms with van der Waals surface area (Å²) in [5.74, 6) is 1.05. The molecule has 0 saturated carbocycles. The fourth-order valence-corrected chi connectivity index (χ4v) is 3.09. The summed E-state index contributed by atoms with van der Waals surface area (Å²) in [6.07, 6.45) is 3.17. The number of aromatic nitrogens is 1. The molecule has 154 valence electrons. The number of rotatable bonds is 5. The first-order valence-electron chi connectivity index (χ1n) is 9.72. The summed E-state index contributed by atoms with van der Waals surface area (Å²) < 4.78 is 20.0. The summed E-state index contributed by atoms with van der Waals surface area (Å²) in [6, 6.07) is 8.29. The average Bonchev–Trinajstić information content (AvgIpc) is 2.74. The lowest BCUT2D eigenvalue weighted by molar-refractivity contribution is -0.130. The second-order valence-electron chi connectivity index (χ2n) is 6.72. The zero-order valence-corrected chi connectivity index (χ0v) is 16.8. The topological polar surface area (TPSA) is 70.1 Å². The van der Waals surface area contributed by atoms with Crippen LogP contribution in [0.4, 0.5) is 4.39 Å². The predicted molar refractivity (Wildman–Crippen MR) is 109 cm³/mol. The largest absolute Gasteiger partial charge is 0.453 e. The quantitative estimate of drug-likeness (QED) is 0.618. The maximum atomic E-state index is 14.4. The molecule has 0 aliphatic carbocycles. The molecule has 2 heterocycles. The van der Waals surface area contributed by atoms with Gasteiger partial charge in [-0.15, -0.1) is 0 Å². The first-order valence-corrected chi connectivity index (χ1v) is 9.72. The standard InChI is InChI=1S/C21H26FN5O2/c1-3-24-21(27-11-9-26(10-12-27)16(2)28)25-14-17-6-7-20(19(22)13-17)29-18-5-4-8-23-15-18/h4-8,13,15H,3,9-12,14H2,1-2H3,(H,24,25). The van der Waals surface area contributed by atoms with Crippen LogP contribution in [0.15, 0.2) is 47.7 Å². The van der Waals surface area contributed by atoms with E-state index in [1.54, 1.807) is 37.4 Å². The summed E-state index contributed by atoms with van der Waals surface area (Å²) in [5.41, 5.74) is 0.749. The molecular formula is C21H26FN5O2. The summed E-state index contributed by atoms with van der Waals surface area (Å²) in [4.78, 5) is 24.0. The van der Waals surface area contributed by atoms with Crippen molar-refractivity contribution in [1.29, 1.82) is 0 Å². The van der Waals surface area contributed by atoms with E-state index in [0.717, 1.165) is 31.2 Å². The highest BCUT2D eigenvalue weighted by Crippen LogP contribution is 2.24. The van der Waals surface area contributed by atoms with Crippen LogP contribution >= 0.6 is 0 Å². The zero-order chi connectivity index (χ0) is 20.6. The SMILES string of the molecule is CCNC(=NCc1ccc(Oc2cccnc2)c(F)c1)N1CCN(C(C)=O)CC1. The number of halogens is 1. The van der Waals surface area contributed by atoms with Crippen LogP contribution in [0.2, 0.25) is 0 Å². The molecule has 1 amide bonds. The summed E-state index contributed by atoms with van der Waals surface area (Å²) in [6.45, 7) is 7.47. The first-order chi connectivity index (χ1) is 14.1. The normalized spacial score (nSPS) is 14.7. The summed E-state index contributed by atoms with van der Waals surface area (Å²) >= 11 is 0. The van der Waals surface area contributed by atoms with Crippen LogP contribution in [-0.4, -0.2) is 59.4 Å². The van der Waals surface area contributed by atoms with Crippen molar-refractivity contribution < 1.29 is 13.9 Å². The number of amides is 1. The third kappa shape index (κ3) is 5.66. The molecule has 1 aliphatic heterocycles. The fourth-order valence-electron chi connectivity index (χ4n) is 3.09. The van der Waals surface area contributed by atoms with Crippen molar-refractivity contribution in [3.63, 3.8) is 0 Å². The van der Waals surface area contributed by atoms with Crippen molar-refractivity contribution >= 4 is 11.9 Å². The van der Waals surface area contributed by atoms with Crippen molar-refractivity contribution in [2.45, 2.75) is 20.4 Å². The third-order valence-corrected chi connectivity index (χ3v) is 4.63. The van der Waals surface area contributed by atoms with Gasteiger partial charge in [-0.2, -0.15) is 0 Å². The van der Waals surface area contributed by atoms with Gasteiger partial charge in [0.05, 0.1) is 12.7 Å². The first kappa shape index (κ1) is 20.6. The molecule has 0 radical (unpaired) electrons. The van der Waals surface area contributed by atoms with Gasteiger partial charge in [0, 0.05) is 45.8 Å². The van der Waals surface area contributed by atoms with Gasteiger partial charge in [-0.3, -0.25) is 9.78 Å². The van der Waals surface area contributed by atoms with E-state index in [1.807, 2.05) is 11.8 Å². The number of carbonyl (C=O) groups excluding carboxylic acids is 1. The minimum atomic E-state index is -0.443. The molecule has 1 aromatic carbocycles. The Hall–Kier alpha value is -3.16. The Morgan fingerprint density at radius 2 is 2.00 bits per heavy atom. The molecule has 8 heteroatoms. The van der Waals surface area contributed by atoms with Crippen LogP contribution < -0.4 is 10.1 Å². The van der Waals surface area contributed by atoms with Crippen LogP contribution in [0.3, 0.4) is 0 Å². The van der Waals surface area contributed by atoms with Gasteiger partial charge in [-0.25, -0.2) is 9.38 Å². The van der Waals surface area contributed by atoms with Crippen LogP contribution in [0.25, 0.3) is 0 Å². The lowest BCUT2D eigenvalue weighted by atomic mass is 10.2. The molecule has 1 fully saturated rings. The maximum Gasteiger partial charge on any atom is 0.219 e. The highest BCUT2D eigenvalue weighted by atomic mass is 19.1. The number of piperazine rings is 1. The van der Waals surface area contributed by atoms with Crippen LogP contribution in [-0.2, 0) is 11.3 Å². The minimum Gasteiger partial charge on any atom is -0.453 e. The number of nitrogens with one attached hydrogen (secondary N) is 1. The van der Waals surface area contributed by atoms with Crippen molar-refractivity contribution in [1.82, 2.24) is 20.1 Å². The van der Waals surface area contributed by atoms with Gasteiger partial charge in [0.1, 0.15) is 5.75 Å². The van der Waals surface area contributed by atoms with E-state index < -0.39 is 5.82 Å². The van der Waals surface area contributed by atoms with Crippen molar-refractivity contribution in [3.8, 4) is 11.5 Å². The van der Waals surface area contributed by atoms with Gasteiger partial charge in [0.2, 0.25) is 5.91 Å². The number of aliphatic imine (C=N–C) groups is 1. The Balaban J connectivity index is 1.65. The Bertz CT molecular complexity index is 851. The van der Waals surface area contributed by atoms with Gasteiger partial charge >= 0.3 is 0 Å². The molecule has 2 aromatic rings. The fraction of sp³-hybridized carbons (Fsp3) is 0.381. The van der Waals surface area contributed by atoms with E-state index >= 15 is 0 Å². The Morgan fingerprint density at radius 3 is 2.62 bits per heavy atom. The maximum absolute atomic E-state index is 14.4. The zero-order valence-electron chi connectivity index (χ0n) is 16.8. The lowest BCUT2D eigenvalue weighted by Gasteiger charge is -2.36. The van der Waals surface area contributed by atoms with E-state index in [-0.39, 0.29) is 11.7 Å². The van der Waals surface area contributed by atoms with Crippen molar-refractivity contribution in [2.24, 2.45) is 4.99 Å². The monoisotopic (exact) mass is 399 g/mol. The molecule has 29 heavy (non-hydrogen) atoms. The molecule has 1 N–H and O–H groups in total. The van der Waals surface area contributed by atoms with E-state index in [9.17, 15) is 9.18 Å². The molecule has 0 unspecified atom stereocenters. The van der Waals surface area contributed by atoms with Gasteiger partial charge < -0.3 is 19.9 Å². The molecule has 0 spiro atoms. The minimum absolute atomic E-state index is 0.0932. The molecule has 3 rings (SSSR count). The number of pyridine rings is 1. The second kappa shape index (κ2) is 9.86. The van der Waals surface area contributed by atoms with E-state index in [4.69, 9.17) is 4.74 Å². The molecule has 0 atom stereocenters. The van der Waals surface area contributed by atoms with Crippen LogP contribution in [0, 0.1) is 5.82 Å². The Labute approximate surface area is 170 Å². The summed E-state index contributed by atoms with van der Waals surface area (Å²) in [5, 5.41) is 3.27. The molecule has 7 nitrogen and oxygen atoms in total. The number of benzene rings is 1. The highest BCUT2D eigenvalue weighted by Gasteiger charge is 2.20. The van der Waals surface area contributed by atoms with Gasteiger partial charge in [0.25, 0.3) is 0 Å². The number of hydrogen-bond donors (Lipinski definition) is 1. The number of ether oxygens (including phenoxy) is 1. The van der Waals surface area contributed by atoms with Gasteiger partial charge in [-0.1, -0.05) is 6.07 Å². The van der Waals surface area contributed by atoms with Crippen molar-refractivity contribution in [2.75, 3.05) is 32.7 Å². The Kier molecular flexibility index (Phi) is 6.99. The second-order valence-corrected chi connectivity index (χ2v) is 6.72. The molecule has 1 aromatic heterocycles. The molecule has 0 bridgehead atoms. The number of carbonyl (C=O) groups is 1. The van der Waals surface area contributed by atoms with Gasteiger partial charge in [0.15, 0.2) is 17.5 Å². The van der Waals surface area contributed by atoms with E-state index in [1.165, 1.54) is 12.3 Å². The summed E-state index contributed by atoms with van der Waals surface area (Å²) in [7, 11) is 0. The molecule has 1 saturated heterocycles. The number of hydrogen-bond acceptors (Lipinski definition) is 4. The molecular weight excluding hydrogens is 373 g/mol. The third-order valence-electron chi connectivity index (χ3n) is 4.63. The number of nitrogens with zero attached hydrogens (tertiary/aromatic N) is 4. The van der Waals surface area contributed by atoms with Gasteiger partial charge in [-0.05, 0) is 36.8 Å².